The maximum atomic E-state index is 12.3. The molecule has 1 fully saturated rings. The van der Waals surface area contributed by atoms with Crippen LogP contribution < -0.4 is 0 Å². The lowest BCUT2D eigenvalue weighted by atomic mass is 9.96. The fourth-order valence-corrected chi connectivity index (χ4v) is 2.07. The average Bonchev–Trinajstić information content (AvgIpc) is 2.60. The van der Waals surface area contributed by atoms with Crippen LogP contribution in [0.15, 0.2) is 24.3 Å². The molecule has 0 radical (unpaired) electrons. The van der Waals surface area contributed by atoms with Crippen molar-refractivity contribution in [2.75, 3.05) is 0 Å². The van der Waals surface area contributed by atoms with E-state index in [2.05, 4.69) is 0 Å². The Labute approximate surface area is 102 Å². The quantitative estimate of drug-likeness (QED) is 0.762. The van der Waals surface area contributed by atoms with Crippen molar-refractivity contribution in [3.63, 3.8) is 0 Å². The summed E-state index contributed by atoms with van der Waals surface area (Å²) >= 11 is 0. The van der Waals surface area contributed by atoms with E-state index in [1.54, 1.807) is 0 Å². The molecule has 0 amide bonds. The first-order chi connectivity index (χ1) is 8.38. The Kier molecular flexibility index (Phi) is 3.24. The number of carbonyl (C=O) groups is 2. The van der Waals surface area contributed by atoms with Crippen LogP contribution in [0.5, 0.6) is 0 Å². The first-order valence-corrected chi connectivity index (χ1v) is 5.59. The summed E-state index contributed by atoms with van der Waals surface area (Å²) in [6, 6.07) is 4.59. The van der Waals surface area contributed by atoms with Gasteiger partial charge in [0.2, 0.25) is 0 Å². The molecule has 0 atom stereocenters. The van der Waals surface area contributed by atoms with Crippen molar-refractivity contribution in [1.82, 2.24) is 0 Å². The Morgan fingerprint density at radius 1 is 1.00 bits per heavy atom. The lowest BCUT2D eigenvalue weighted by molar-refractivity contribution is -0.137. The molecule has 1 aromatic rings. The van der Waals surface area contributed by atoms with Gasteiger partial charge in [-0.25, -0.2) is 0 Å². The summed E-state index contributed by atoms with van der Waals surface area (Å²) in [4.78, 5) is 22.8. The molecule has 96 valence electrons. The number of rotatable bonds is 2. The summed E-state index contributed by atoms with van der Waals surface area (Å²) in [6.45, 7) is 0. The van der Waals surface area contributed by atoms with Crippen LogP contribution in [0.25, 0.3) is 0 Å². The van der Waals surface area contributed by atoms with E-state index < -0.39 is 17.7 Å². The number of Topliss-reactive ketones (excluding diaryl/α,β-unsaturated/α-hetero) is 2. The van der Waals surface area contributed by atoms with Crippen molar-refractivity contribution in [2.24, 2.45) is 5.92 Å². The molecule has 0 bridgehead atoms. The van der Waals surface area contributed by atoms with Gasteiger partial charge in [-0.15, -0.1) is 0 Å². The van der Waals surface area contributed by atoms with E-state index >= 15 is 0 Å². The fraction of sp³-hybridized carbons (Fsp3) is 0.385. The third-order valence-electron chi connectivity index (χ3n) is 3.12. The molecule has 0 unspecified atom stereocenters. The molecule has 0 heterocycles. The van der Waals surface area contributed by atoms with E-state index in [0.717, 1.165) is 12.1 Å². The molecule has 2 rings (SSSR count). The van der Waals surface area contributed by atoms with Gasteiger partial charge in [0, 0.05) is 12.8 Å². The first kappa shape index (κ1) is 12.8. The van der Waals surface area contributed by atoms with Gasteiger partial charge >= 0.3 is 6.18 Å². The molecule has 0 aliphatic heterocycles. The SMILES string of the molecule is O=C1CCC(=O)C1Cc1ccc(C(F)(F)F)cc1. The number of carbonyl (C=O) groups excluding carboxylic acids is 2. The van der Waals surface area contributed by atoms with Gasteiger partial charge in [-0.2, -0.15) is 13.2 Å². The molecule has 0 aromatic heterocycles. The summed E-state index contributed by atoms with van der Waals surface area (Å²) in [5.41, 5.74) is -0.146. The Hall–Kier alpha value is -1.65. The molecular formula is C13H11F3O2. The lowest BCUT2D eigenvalue weighted by Gasteiger charge is -2.09. The molecule has 1 aromatic carbocycles. The van der Waals surface area contributed by atoms with Crippen LogP contribution in [0.4, 0.5) is 13.2 Å². The summed E-state index contributed by atoms with van der Waals surface area (Å²) < 4.78 is 37.0. The van der Waals surface area contributed by atoms with Crippen LogP contribution >= 0.6 is 0 Å². The predicted molar refractivity (Wildman–Crippen MR) is 57.9 cm³/mol. The van der Waals surface area contributed by atoms with Crippen LogP contribution in [-0.4, -0.2) is 11.6 Å². The van der Waals surface area contributed by atoms with Crippen LogP contribution in [0.2, 0.25) is 0 Å². The predicted octanol–water partition coefficient (Wildman–Crippen LogP) is 2.80. The fourth-order valence-electron chi connectivity index (χ4n) is 2.07. The van der Waals surface area contributed by atoms with Gasteiger partial charge < -0.3 is 0 Å². The molecule has 1 saturated carbocycles. The first-order valence-electron chi connectivity index (χ1n) is 5.59. The van der Waals surface area contributed by atoms with E-state index in [1.807, 2.05) is 0 Å². The van der Waals surface area contributed by atoms with Gasteiger partial charge in [-0.3, -0.25) is 9.59 Å². The number of hydrogen-bond acceptors (Lipinski definition) is 2. The van der Waals surface area contributed by atoms with Gasteiger partial charge in [-0.05, 0) is 24.1 Å². The highest BCUT2D eigenvalue weighted by atomic mass is 19.4. The topological polar surface area (TPSA) is 34.1 Å². The van der Waals surface area contributed by atoms with Crippen molar-refractivity contribution < 1.29 is 22.8 Å². The van der Waals surface area contributed by atoms with E-state index in [9.17, 15) is 22.8 Å². The van der Waals surface area contributed by atoms with E-state index in [1.165, 1.54) is 12.1 Å². The summed E-state index contributed by atoms with van der Waals surface area (Å²) in [7, 11) is 0. The highest BCUT2D eigenvalue weighted by Gasteiger charge is 2.33. The normalized spacial score (nSPS) is 17.5. The van der Waals surface area contributed by atoms with Gasteiger partial charge in [0.1, 0.15) is 11.6 Å². The van der Waals surface area contributed by atoms with Crippen molar-refractivity contribution in [1.29, 1.82) is 0 Å². The second-order valence-electron chi connectivity index (χ2n) is 4.38. The molecule has 18 heavy (non-hydrogen) atoms. The molecular weight excluding hydrogens is 245 g/mol. The Morgan fingerprint density at radius 3 is 1.94 bits per heavy atom. The Balaban J connectivity index is 2.11. The molecule has 5 heteroatoms. The largest absolute Gasteiger partial charge is 0.416 e. The van der Waals surface area contributed by atoms with Gasteiger partial charge in [0.05, 0.1) is 11.5 Å². The van der Waals surface area contributed by atoms with E-state index in [-0.39, 0.29) is 30.8 Å². The number of ketones is 2. The maximum Gasteiger partial charge on any atom is 0.416 e. The van der Waals surface area contributed by atoms with Crippen molar-refractivity contribution in [2.45, 2.75) is 25.4 Å². The number of benzene rings is 1. The molecule has 1 aliphatic rings. The standard InChI is InChI=1S/C13H11F3O2/c14-13(15,16)9-3-1-8(2-4-9)7-10-11(17)5-6-12(10)18/h1-4,10H,5-7H2. The van der Waals surface area contributed by atoms with Crippen molar-refractivity contribution in [3.05, 3.63) is 35.4 Å². The minimum absolute atomic E-state index is 0.111. The smallest absolute Gasteiger partial charge is 0.299 e. The zero-order chi connectivity index (χ0) is 13.3. The molecule has 0 N–H and O–H groups in total. The highest BCUT2D eigenvalue weighted by Crippen LogP contribution is 2.30. The molecule has 0 saturated heterocycles. The Bertz CT molecular complexity index is 458. The summed E-state index contributed by atoms with van der Waals surface area (Å²) in [5, 5.41) is 0. The number of halogens is 3. The zero-order valence-electron chi connectivity index (χ0n) is 9.46. The van der Waals surface area contributed by atoms with Crippen molar-refractivity contribution >= 4 is 11.6 Å². The lowest BCUT2D eigenvalue weighted by Crippen LogP contribution is -2.17. The minimum atomic E-state index is -4.36. The second-order valence-corrected chi connectivity index (χ2v) is 4.38. The summed E-state index contributed by atoms with van der Waals surface area (Å²) in [6.07, 6.45) is -3.65. The second kappa shape index (κ2) is 4.55. The average molecular weight is 256 g/mol. The third-order valence-corrected chi connectivity index (χ3v) is 3.12. The van der Waals surface area contributed by atoms with Gasteiger partial charge in [0.15, 0.2) is 0 Å². The van der Waals surface area contributed by atoms with E-state index in [4.69, 9.17) is 0 Å². The monoisotopic (exact) mass is 256 g/mol. The molecule has 0 spiro atoms. The van der Waals surface area contributed by atoms with Crippen LogP contribution in [0.1, 0.15) is 24.0 Å². The summed E-state index contributed by atoms with van der Waals surface area (Å²) in [5.74, 6) is -0.887. The molecule has 1 aliphatic carbocycles. The molecule has 2 nitrogen and oxygen atoms in total. The van der Waals surface area contributed by atoms with Crippen molar-refractivity contribution in [3.8, 4) is 0 Å². The number of hydrogen-bond donors (Lipinski definition) is 0. The zero-order valence-corrected chi connectivity index (χ0v) is 9.46. The minimum Gasteiger partial charge on any atom is -0.299 e. The van der Waals surface area contributed by atoms with Crippen LogP contribution in [0.3, 0.4) is 0 Å². The highest BCUT2D eigenvalue weighted by molar-refractivity contribution is 6.08. The third kappa shape index (κ3) is 2.60. The van der Waals surface area contributed by atoms with Gasteiger partial charge in [0.25, 0.3) is 0 Å². The van der Waals surface area contributed by atoms with E-state index in [0.29, 0.717) is 5.56 Å². The van der Waals surface area contributed by atoms with Crippen LogP contribution in [-0.2, 0) is 22.2 Å². The maximum absolute atomic E-state index is 12.3. The van der Waals surface area contributed by atoms with Crippen LogP contribution in [0, 0.1) is 5.92 Å². The van der Waals surface area contributed by atoms with Gasteiger partial charge in [-0.1, -0.05) is 12.1 Å². The Morgan fingerprint density at radius 2 is 1.50 bits per heavy atom. The number of alkyl halides is 3.